The maximum Gasteiger partial charge on any atom is 0.251 e. The first-order chi connectivity index (χ1) is 10.6. The summed E-state index contributed by atoms with van der Waals surface area (Å²) in [4.78, 5) is 16.4. The second kappa shape index (κ2) is 6.27. The SMILES string of the molecule is Cc1ccc(C)c(C(=O)NC[C@H]2CC[C@@H](c3ncn[nH]3)O2)c1. The highest BCUT2D eigenvalue weighted by atomic mass is 16.5. The lowest BCUT2D eigenvalue weighted by Crippen LogP contribution is -2.32. The van der Waals surface area contributed by atoms with Crippen LogP contribution in [0.25, 0.3) is 0 Å². The second-order valence-corrected chi connectivity index (χ2v) is 5.72. The molecule has 1 amide bonds. The molecule has 2 aromatic rings. The Balaban J connectivity index is 1.55. The normalized spacial score (nSPS) is 21.0. The van der Waals surface area contributed by atoms with Gasteiger partial charge in [0.1, 0.15) is 12.4 Å². The van der Waals surface area contributed by atoms with Gasteiger partial charge in [-0.05, 0) is 38.3 Å². The third-order valence-electron chi connectivity index (χ3n) is 3.97. The summed E-state index contributed by atoms with van der Waals surface area (Å²) >= 11 is 0. The number of nitrogens with zero attached hydrogens (tertiary/aromatic N) is 2. The Morgan fingerprint density at radius 3 is 3.05 bits per heavy atom. The quantitative estimate of drug-likeness (QED) is 0.906. The van der Waals surface area contributed by atoms with E-state index in [1.54, 1.807) is 0 Å². The number of amides is 1. The van der Waals surface area contributed by atoms with Crippen LogP contribution >= 0.6 is 0 Å². The van der Waals surface area contributed by atoms with Crippen LogP contribution in [0.2, 0.25) is 0 Å². The van der Waals surface area contributed by atoms with Crippen molar-refractivity contribution in [3.05, 3.63) is 47.0 Å². The Hall–Kier alpha value is -2.21. The minimum Gasteiger partial charge on any atom is -0.365 e. The third-order valence-corrected chi connectivity index (χ3v) is 3.97. The van der Waals surface area contributed by atoms with Crippen molar-refractivity contribution in [2.75, 3.05) is 6.54 Å². The van der Waals surface area contributed by atoms with Crippen molar-refractivity contribution < 1.29 is 9.53 Å². The van der Waals surface area contributed by atoms with Crippen molar-refractivity contribution in [1.29, 1.82) is 0 Å². The molecule has 3 rings (SSSR count). The molecule has 1 aliphatic heterocycles. The molecule has 1 fully saturated rings. The monoisotopic (exact) mass is 300 g/mol. The number of aryl methyl sites for hydroxylation is 2. The number of nitrogens with one attached hydrogen (secondary N) is 2. The molecule has 1 aromatic carbocycles. The summed E-state index contributed by atoms with van der Waals surface area (Å²) in [6, 6.07) is 5.89. The van der Waals surface area contributed by atoms with Gasteiger partial charge in [0, 0.05) is 12.1 Å². The number of aromatic nitrogens is 3. The molecule has 1 aromatic heterocycles. The van der Waals surface area contributed by atoms with E-state index in [0.717, 1.165) is 35.4 Å². The van der Waals surface area contributed by atoms with Crippen LogP contribution in [-0.4, -0.2) is 33.7 Å². The molecule has 2 N–H and O–H groups in total. The Labute approximate surface area is 129 Å². The van der Waals surface area contributed by atoms with Crippen molar-refractivity contribution in [2.45, 2.75) is 38.9 Å². The number of ether oxygens (including phenoxy) is 1. The Bertz CT molecular complexity index is 654. The lowest BCUT2D eigenvalue weighted by molar-refractivity contribution is 0.0392. The predicted octanol–water partition coefficient (Wildman–Crippen LogP) is 2.07. The van der Waals surface area contributed by atoms with Crippen molar-refractivity contribution in [2.24, 2.45) is 0 Å². The first-order valence-electron chi connectivity index (χ1n) is 7.49. The average molecular weight is 300 g/mol. The fraction of sp³-hybridized carbons (Fsp3) is 0.438. The van der Waals surface area contributed by atoms with E-state index in [2.05, 4.69) is 20.5 Å². The number of carbonyl (C=O) groups excluding carboxylic acids is 1. The molecule has 0 bridgehead atoms. The van der Waals surface area contributed by atoms with Crippen LogP contribution in [0.3, 0.4) is 0 Å². The molecule has 1 aliphatic rings. The molecule has 6 heteroatoms. The van der Waals surface area contributed by atoms with Crippen molar-refractivity contribution in [3.63, 3.8) is 0 Å². The number of carbonyl (C=O) groups is 1. The van der Waals surface area contributed by atoms with Crippen LogP contribution in [-0.2, 0) is 4.74 Å². The molecule has 0 radical (unpaired) electrons. The molecule has 22 heavy (non-hydrogen) atoms. The lowest BCUT2D eigenvalue weighted by Gasteiger charge is -2.14. The number of benzene rings is 1. The standard InChI is InChI=1S/C16H20N4O2/c1-10-3-4-11(2)13(7-10)16(21)17-8-12-5-6-14(22-12)15-18-9-19-20-15/h3-4,7,9,12,14H,5-6,8H2,1-2H3,(H,17,21)(H,18,19,20)/t12-,14+/m1/s1. The largest absolute Gasteiger partial charge is 0.365 e. The molecule has 6 nitrogen and oxygen atoms in total. The molecule has 0 unspecified atom stereocenters. The zero-order valence-corrected chi connectivity index (χ0v) is 12.8. The smallest absolute Gasteiger partial charge is 0.251 e. The summed E-state index contributed by atoms with van der Waals surface area (Å²) in [5.41, 5.74) is 2.79. The Morgan fingerprint density at radius 1 is 1.41 bits per heavy atom. The summed E-state index contributed by atoms with van der Waals surface area (Å²) in [5.74, 6) is 0.705. The van der Waals surface area contributed by atoms with Gasteiger partial charge >= 0.3 is 0 Å². The van der Waals surface area contributed by atoms with Gasteiger partial charge in [0.25, 0.3) is 5.91 Å². The van der Waals surface area contributed by atoms with Crippen LogP contribution in [0.15, 0.2) is 24.5 Å². The molecule has 116 valence electrons. The van der Waals surface area contributed by atoms with Crippen LogP contribution in [0.5, 0.6) is 0 Å². The average Bonchev–Trinajstić information content (AvgIpc) is 3.17. The van der Waals surface area contributed by atoms with Gasteiger partial charge in [0.2, 0.25) is 0 Å². The second-order valence-electron chi connectivity index (χ2n) is 5.72. The summed E-state index contributed by atoms with van der Waals surface area (Å²) < 4.78 is 5.90. The van der Waals surface area contributed by atoms with Crippen LogP contribution in [0, 0.1) is 13.8 Å². The zero-order chi connectivity index (χ0) is 15.5. The molecule has 2 atom stereocenters. The zero-order valence-electron chi connectivity index (χ0n) is 12.8. The topological polar surface area (TPSA) is 79.9 Å². The Kier molecular flexibility index (Phi) is 4.20. The van der Waals surface area contributed by atoms with Gasteiger partial charge < -0.3 is 10.1 Å². The number of hydrogen-bond acceptors (Lipinski definition) is 4. The van der Waals surface area contributed by atoms with E-state index in [9.17, 15) is 4.79 Å². The maximum absolute atomic E-state index is 12.3. The fourth-order valence-corrected chi connectivity index (χ4v) is 2.71. The van der Waals surface area contributed by atoms with Crippen molar-refractivity contribution in [3.8, 4) is 0 Å². The molecule has 0 saturated carbocycles. The van der Waals surface area contributed by atoms with E-state index in [0.29, 0.717) is 6.54 Å². The highest BCUT2D eigenvalue weighted by Crippen LogP contribution is 2.30. The van der Waals surface area contributed by atoms with Crippen LogP contribution in [0.4, 0.5) is 0 Å². The number of rotatable bonds is 4. The summed E-state index contributed by atoms with van der Waals surface area (Å²) in [6.07, 6.45) is 3.24. The van der Waals surface area contributed by atoms with Crippen molar-refractivity contribution >= 4 is 5.91 Å². The summed E-state index contributed by atoms with van der Waals surface area (Å²) in [7, 11) is 0. The van der Waals surface area contributed by atoms with Gasteiger partial charge in [-0.25, -0.2) is 4.98 Å². The van der Waals surface area contributed by atoms with E-state index in [1.807, 2.05) is 32.0 Å². The molecule has 0 spiro atoms. The minimum absolute atomic E-state index is 0.0177. The molecular formula is C16H20N4O2. The van der Waals surface area contributed by atoms with E-state index in [4.69, 9.17) is 4.74 Å². The molecule has 2 heterocycles. The fourth-order valence-electron chi connectivity index (χ4n) is 2.71. The molecular weight excluding hydrogens is 280 g/mol. The molecule has 1 saturated heterocycles. The predicted molar refractivity (Wildman–Crippen MR) is 81.5 cm³/mol. The van der Waals surface area contributed by atoms with Gasteiger partial charge in [0.15, 0.2) is 5.82 Å². The van der Waals surface area contributed by atoms with Gasteiger partial charge in [0.05, 0.1) is 6.10 Å². The third kappa shape index (κ3) is 3.17. The van der Waals surface area contributed by atoms with E-state index >= 15 is 0 Å². The van der Waals surface area contributed by atoms with Crippen molar-refractivity contribution in [1.82, 2.24) is 20.5 Å². The van der Waals surface area contributed by atoms with E-state index in [-0.39, 0.29) is 18.1 Å². The van der Waals surface area contributed by atoms with Gasteiger partial charge in [-0.15, -0.1) is 0 Å². The number of hydrogen-bond donors (Lipinski definition) is 2. The first-order valence-corrected chi connectivity index (χ1v) is 7.49. The molecule has 0 aliphatic carbocycles. The van der Waals surface area contributed by atoms with E-state index < -0.39 is 0 Å². The van der Waals surface area contributed by atoms with Crippen LogP contribution in [0.1, 0.15) is 46.3 Å². The minimum atomic E-state index is -0.0508. The number of aromatic amines is 1. The highest BCUT2D eigenvalue weighted by molar-refractivity contribution is 5.95. The number of H-pyrrole nitrogens is 1. The summed E-state index contributed by atoms with van der Waals surface area (Å²) in [6.45, 7) is 4.44. The van der Waals surface area contributed by atoms with Crippen LogP contribution < -0.4 is 5.32 Å². The summed E-state index contributed by atoms with van der Waals surface area (Å²) in [5, 5.41) is 9.63. The van der Waals surface area contributed by atoms with E-state index in [1.165, 1.54) is 6.33 Å². The van der Waals surface area contributed by atoms with Gasteiger partial charge in [-0.3, -0.25) is 9.89 Å². The maximum atomic E-state index is 12.3. The van der Waals surface area contributed by atoms with Gasteiger partial charge in [-0.1, -0.05) is 17.7 Å². The lowest BCUT2D eigenvalue weighted by atomic mass is 10.1. The highest BCUT2D eigenvalue weighted by Gasteiger charge is 2.28. The first kappa shape index (κ1) is 14.7. The Morgan fingerprint density at radius 2 is 2.27 bits per heavy atom. The van der Waals surface area contributed by atoms with Gasteiger partial charge in [-0.2, -0.15) is 5.10 Å².